The van der Waals surface area contributed by atoms with E-state index in [0.29, 0.717) is 6.42 Å². The molecular formula is C22H35Cl2N3O3. The van der Waals surface area contributed by atoms with Crippen molar-refractivity contribution in [3.63, 3.8) is 0 Å². The van der Waals surface area contributed by atoms with E-state index in [-0.39, 0.29) is 42.3 Å². The number of carbonyl (C=O) groups excluding carboxylic acids is 1. The largest absolute Gasteiger partial charge is 0.496 e. The van der Waals surface area contributed by atoms with Gasteiger partial charge in [0.2, 0.25) is 5.91 Å². The SMILES string of the molecule is COc1ccccc1C1CNCCN1C(=O)CC1(N2CCOCC2)CCCC1.Cl.Cl. The molecule has 30 heavy (non-hydrogen) atoms. The Kier molecular flexibility index (Phi) is 9.69. The van der Waals surface area contributed by atoms with Crippen LogP contribution in [0.1, 0.15) is 43.7 Å². The molecule has 3 aliphatic rings. The van der Waals surface area contributed by atoms with E-state index >= 15 is 0 Å². The number of nitrogens with one attached hydrogen (secondary N) is 1. The van der Waals surface area contributed by atoms with Gasteiger partial charge in [0, 0.05) is 50.2 Å². The summed E-state index contributed by atoms with van der Waals surface area (Å²) < 4.78 is 11.2. The van der Waals surface area contributed by atoms with Crippen LogP contribution in [-0.4, -0.2) is 74.3 Å². The molecule has 1 aliphatic carbocycles. The van der Waals surface area contributed by atoms with Crippen molar-refractivity contribution in [2.75, 3.05) is 53.0 Å². The lowest BCUT2D eigenvalue weighted by Gasteiger charge is -2.45. The number of para-hydroxylation sites is 1. The molecule has 2 saturated heterocycles. The topological polar surface area (TPSA) is 54.0 Å². The maximum Gasteiger partial charge on any atom is 0.225 e. The van der Waals surface area contributed by atoms with Crippen molar-refractivity contribution in [3.05, 3.63) is 29.8 Å². The maximum absolute atomic E-state index is 13.6. The highest BCUT2D eigenvalue weighted by Crippen LogP contribution is 2.40. The van der Waals surface area contributed by atoms with Crippen LogP contribution in [0.4, 0.5) is 0 Å². The van der Waals surface area contributed by atoms with Crippen LogP contribution in [-0.2, 0) is 9.53 Å². The number of hydrogen-bond acceptors (Lipinski definition) is 5. The van der Waals surface area contributed by atoms with Gasteiger partial charge in [0.25, 0.3) is 0 Å². The van der Waals surface area contributed by atoms with Crippen LogP contribution in [0.15, 0.2) is 24.3 Å². The number of morpholine rings is 1. The van der Waals surface area contributed by atoms with Gasteiger partial charge in [-0.05, 0) is 18.9 Å². The molecule has 0 spiro atoms. The van der Waals surface area contributed by atoms with E-state index < -0.39 is 0 Å². The lowest BCUT2D eigenvalue weighted by atomic mass is 9.89. The molecule has 170 valence electrons. The van der Waals surface area contributed by atoms with Crippen LogP contribution in [0.25, 0.3) is 0 Å². The van der Waals surface area contributed by atoms with E-state index in [1.54, 1.807) is 7.11 Å². The number of ether oxygens (including phenoxy) is 2. The minimum absolute atomic E-state index is 0. The monoisotopic (exact) mass is 459 g/mol. The Bertz CT molecular complexity index is 679. The summed E-state index contributed by atoms with van der Waals surface area (Å²) in [5.41, 5.74) is 1.12. The highest BCUT2D eigenvalue weighted by Gasteiger charge is 2.43. The third-order valence-corrected chi connectivity index (χ3v) is 6.76. The summed E-state index contributed by atoms with van der Waals surface area (Å²) >= 11 is 0. The van der Waals surface area contributed by atoms with Gasteiger partial charge in [-0.25, -0.2) is 0 Å². The van der Waals surface area contributed by atoms with Crippen LogP contribution in [0.2, 0.25) is 0 Å². The zero-order chi connectivity index (χ0) is 19.4. The number of methoxy groups -OCH3 is 1. The molecule has 3 fully saturated rings. The van der Waals surface area contributed by atoms with E-state index in [1.165, 1.54) is 12.8 Å². The van der Waals surface area contributed by atoms with Crippen molar-refractivity contribution in [1.82, 2.24) is 15.1 Å². The van der Waals surface area contributed by atoms with Crippen LogP contribution >= 0.6 is 24.8 Å². The Morgan fingerprint density at radius 1 is 1.17 bits per heavy atom. The molecule has 1 N–H and O–H groups in total. The highest BCUT2D eigenvalue weighted by molar-refractivity contribution is 5.85. The minimum Gasteiger partial charge on any atom is -0.496 e. The Labute approximate surface area is 192 Å². The fourth-order valence-electron chi connectivity index (χ4n) is 5.28. The zero-order valence-corrected chi connectivity index (χ0v) is 19.4. The Hall–Kier alpha value is -1.05. The van der Waals surface area contributed by atoms with Crippen molar-refractivity contribution in [2.24, 2.45) is 0 Å². The third-order valence-electron chi connectivity index (χ3n) is 6.76. The molecule has 2 heterocycles. The second-order valence-electron chi connectivity index (χ2n) is 8.26. The Balaban J connectivity index is 0.00000160. The Morgan fingerprint density at radius 2 is 1.87 bits per heavy atom. The van der Waals surface area contributed by atoms with Crippen molar-refractivity contribution in [1.29, 1.82) is 0 Å². The van der Waals surface area contributed by atoms with E-state index in [4.69, 9.17) is 9.47 Å². The van der Waals surface area contributed by atoms with Crippen molar-refractivity contribution in [2.45, 2.75) is 43.7 Å². The smallest absolute Gasteiger partial charge is 0.225 e. The standard InChI is InChI=1S/C22H33N3O3.2ClH/c1-27-20-7-3-2-6-18(20)19-17-23-10-11-25(19)21(26)16-22(8-4-5-9-22)24-12-14-28-15-13-24;;/h2-3,6-7,19,23H,4-5,8-17H2,1H3;2*1H. The molecule has 0 aromatic heterocycles. The first-order valence-electron chi connectivity index (χ1n) is 10.7. The van der Waals surface area contributed by atoms with E-state index in [2.05, 4.69) is 21.2 Å². The fraction of sp³-hybridized carbons (Fsp3) is 0.682. The van der Waals surface area contributed by atoms with Gasteiger partial charge in [0.05, 0.1) is 26.4 Å². The quantitative estimate of drug-likeness (QED) is 0.732. The second kappa shape index (κ2) is 11.5. The van der Waals surface area contributed by atoms with Gasteiger partial charge in [-0.15, -0.1) is 24.8 Å². The maximum atomic E-state index is 13.6. The second-order valence-corrected chi connectivity index (χ2v) is 8.26. The van der Waals surface area contributed by atoms with E-state index in [1.807, 2.05) is 18.2 Å². The summed E-state index contributed by atoms with van der Waals surface area (Å²) in [5.74, 6) is 1.14. The van der Waals surface area contributed by atoms with Crippen molar-refractivity contribution in [3.8, 4) is 5.75 Å². The van der Waals surface area contributed by atoms with E-state index in [0.717, 1.165) is 70.1 Å². The number of halogens is 2. The lowest BCUT2D eigenvalue weighted by Crippen LogP contribution is -2.56. The predicted octanol–water partition coefficient (Wildman–Crippen LogP) is 3.05. The number of benzene rings is 1. The number of nitrogens with zero attached hydrogens (tertiary/aromatic N) is 2. The summed E-state index contributed by atoms with van der Waals surface area (Å²) in [4.78, 5) is 18.2. The number of amides is 1. The van der Waals surface area contributed by atoms with Gasteiger partial charge in [-0.1, -0.05) is 31.0 Å². The van der Waals surface area contributed by atoms with Crippen LogP contribution < -0.4 is 10.1 Å². The summed E-state index contributed by atoms with van der Waals surface area (Å²) in [7, 11) is 1.70. The first-order chi connectivity index (χ1) is 13.7. The molecule has 6 nitrogen and oxygen atoms in total. The average molecular weight is 460 g/mol. The molecular weight excluding hydrogens is 425 g/mol. The van der Waals surface area contributed by atoms with Crippen molar-refractivity contribution >= 4 is 30.7 Å². The summed E-state index contributed by atoms with van der Waals surface area (Å²) in [6, 6.07) is 8.11. The normalized spacial score (nSPS) is 23.9. The molecule has 8 heteroatoms. The average Bonchev–Trinajstić information content (AvgIpc) is 3.24. The van der Waals surface area contributed by atoms with Gasteiger partial charge in [-0.3, -0.25) is 9.69 Å². The van der Waals surface area contributed by atoms with Crippen LogP contribution in [0.3, 0.4) is 0 Å². The minimum atomic E-state index is 0. The molecule has 1 aromatic carbocycles. The molecule has 1 saturated carbocycles. The fourth-order valence-corrected chi connectivity index (χ4v) is 5.28. The molecule has 0 radical (unpaired) electrons. The van der Waals surface area contributed by atoms with Gasteiger partial charge in [0.15, 0.2) is 0 Å². The molecule has 1 aromatic rings. The van der Waals surface area contributed by atoms with Gasteiger partial charge >= 0.3 is 0 Å². The highest BCUT2D eigenvalue weighted by atomic mass is 35.5. The van der Waals surface area contributed by atoms with Crippen molar-refractivity contribution < 1.29 is 14.3 Å². The number of piperazine rings is 1. The summed E-state index contributed by atoms with van der Waals surface area (Å²) in [5, 5.41) is 3.46. The molecule has 1 amide bonds. The van der Waals surface area contributed by atoms with Gasteiger partial charge < -0.3 is 19.7 Å². The molecule has 4 rings (SSSR count). The number of rotatable bonds is 5. The van der Waals surface area contributed by atoms with Crippen LogP contribution in [0, 0.1) is 0 Å². The van der Waals surface area contributed by atoms with E-state index in [9.17, 15) is 4.79 Å². The number of hydrogen-bond donors (Lipinski definition) is 1. The third kappa shape index (κ3) is 5.22. The first-order valence-corrected chi connectivity index (χ1v) is 10.7. The number of carbonyl (C=O) groups is 1. The van der Waals surface area contributed by atoms with Crippen LogP contribution in [0.5, 0.6) is 5.75 Å². The molecule has 1 atom stereocenters. The lowest BCUT2D eigenvalue weighted by molar-refractivity contribution is -0.139. The first kappa shape index (κ1) is 25.2. The Morgan fingerprint density at radius 3 is 2.57 bits per heavy atom. The molecule has 2 aliphatic heterocycles. The molecule has 1 unspecified atom stereocenters. The van der Waals surface area contributed by atoms with Gasteiger partial charge in [0.1, 0.15) is 5.75 Å². The summed E-state index contributed by atoms with van der Waals surface area (Å²) in [6.07, 6.45) is 5.33. The molecule has 0 bridgehead atoms. The summed E-state index contributed by atoms with van der Waals surface area (Å²) in [6.45, 7) is 5.84. The zero-order valence-electron chi connectivity index (χ0n) is 17.8. The van der Waals surface area contributed by atoms with Gasteiger partial charge in [-0.2, -0.15) is 0 Å². The predicted molar refractivity (Wildman–Crippen MR) is 123 cm³/mol.